The molecule has 4 nitrogen and oxygen atoms in total. The van der Waals surface area contributed by atoms with E-state index >= 15 is 0 Å². The quantitative estimate of drug-likeness (QED) is 0.637. The van der Waals surface area contributed by atoms with Crippen molar-refractivity contribution < 1.29 is 9.53 Å². The maximum Gasteiger partial charge on any atom is 0.226 e. The zero-order chi connectivity index (χ0) is 11.9. The molecule has 0 aromatic heterocycles. The summed E-state index contributed by atoms with van der Waals surface area (Å²) in [6.45, 7) is 2.22. The van der Waals surface area contributed by atoms with Crippen LogP contribution in [0.4, 0.5) is 0 Å². The first kappa shape index (κ1) is 13.5. The van der Waals surface area contributed by atoms with Crippen LogP contribution in [0.3, 0.4) is 0 Å². The third-order valence-corrected chi connectivity index (χ3v) is 3.49. The number of nitrogens with one attached hydrogen (secondary N) is 2. The van der Waals surface area contributed by atoms with E-state index in [1.54, 1.807) is 7.11 Å². The molecule has 0 unspecified atom stereocenters. The molecular formula is C12H24N2O2. The molecule has 0 spiro atoms. The molecule has 1 fully saturated rings. The van der Waals surface area contributed by atoms with Crippen LogP contribution in [0, 0.1) is 5.41 Å². The van der Waals surface area contributed by atoms with Crippen molar-refractivity contribution in [3.63, 3.8) is 0 Å². The van der Waals surface area contributed by atoms with E-state index in [2.05, 4.69) is 10.6 Å². The summed E-state index contributed by atoms with van der Waals surface area (Å²) >= 11 is 0. The highest BCUT2D eigenvalue weighted by atomic mass is 16.5. The van der Waals surface area contributed by atoms with Crippen molar-refractivity contribution in [3.8, 4) is 0 Å². The highest BCUT2D eigenvalue weighted by molar-refractivity contribution is 5.82. The van der Waals surface area contributed by atoms with Crippen molar-refractivity contribution in [2.75, 3.05) is 33.9 Å². The average molecular weight is 228 g/mol. The van der Waals surface area contributed by atoms with Gasteiger partial charge < -0.3 is 15.4 Å². The Morgan fingerprint density at radius 3 is 2.56 bits per heavy atom. The van der Waals surface area contributed by atoms with Gasteiger partial charge in [-0.25, -0.2) is 0 Å². The van der Waals surface area contributed by atoms with Gasteiger partial charge in [0.1, 0.15) is 0 Å². The predicted molar refractivity (Wildman–Crippen MR) is 64.3 cm³/mol. The Morgan fingerprint density at radius 1 is 1.31 bits per heavy atom. The number of hydrogen-bond acceptors (Lipinski definition) is 3. The topological polar surface area (TPSA) is 50.4 Å². The van der Waals surface area contributed by atoms with Gasteiger partial charge in [-0.05, 0) is 26.3 Å². The molecule has 2 N–H and O–H groups in total. The van der Waals surface area contributed by atoms with Crippen molar-refractivity contribution in [3.05, 3.63) is 0 Å². The van der Waals surface area contributed by atoms with Crippen LogP contribution < -0.4 is 10.6 Å². The largest absolute Gasteiger partial charge is 0.385 e. The summed E-state index contributed by atoms with van der Waals surface area (Å²) in [5.41, 5.74) is -0.149. The van der Waals surface area contributed by atoms with Crippen LogP contribution in [0.2, 0.25) is 0 Å². The standard InChI is InChI=1S/C12H24N2O2/c1-13-8-9-14-11(15)12(7-10-16-2)5-3-4-6-12/h13H,3-10H2,1-2H3,(H,14,15). The van der Waals surface area contributed by atoms with E-state index < -0.39 is 0 Å². The second-order valence-corrected chi connectivity index (χ2v) is 4.59. The fraction of sp³-hybridized carbons (Fsp3) is 0.917. The Labute approximate surface area is 98.1 Å². The zero-order valence-electron chi connectivity index (χ0n) is 10.5. The van der Waals surface area contributed by atoms with E-state index in [-0.39, 0.29) is 11.3 Å². The molecule has 1 saturated carbocycles. The van der Waals surface area contributed by atoms with Crippen molar-refractivity contribution in [2.24, 2.45) is 5.41 Å². The van der Waals surface area contributed by atoms with Crippen LogP contribution in [0.1, 0.15) is 32.1 Å². The Bertz CT molecular complexity index is 213. The molecule has 0 aromatic carbocycles. The summed E-state index contributed by atoms with van der Waals surface area (Å²) in [5.74, 6) is 0.220. The molecule has 16 heavy (non-hydrogen) atoms. The SMILES string of the molecule is CNCCNC(=O)C1(CCOC)CCCC1. The Morgan fingerprint density at radius 2 is 2.00 bits per heavy atom. The van der Waals surface area contributed by atoms with Gasteiger partial charge in [0, 0.05) is 26.8 Å². The second-order valence-electron chi connectivity index (χ2n) is 4.59. The minimum Gasteiger partial charge on any atom is -0.385 e. The molecule has 1 aliphatic rings. The Balaban J connectivity index is 2.44. The molecule has 0 aromatic rings. The van der Waals surface area contributed by atoms with Crippen molar-refractivity contribution in [1.29, 1.82) is 0 Å². The van der Waals surface area contributed by atoms with Gasteiger partial charge in [0.2, 0.25) is 5.91 Å². The van der Waals surface area contributed by atoms with Crippen LogP contribution in [0.15, 0.2) is 0 Å². The Kier molecular flexibility index (Phi) is 5.77. The maximum absolute atomic E-state index is 12.2. The smallest absolute Gasteiger partial charge is 0.226 e. The summed E-state index contributed by atoms with van der Waals surface area (Å²) in [7, 11) is 3.59. The summed E-state index contributed by atoms with van der Waals surface area (Å²) < 4.78 is 5.11. The van der Waals surface area contributed by atoms with Crippen molar-refractivity contribution in [2.45, 2.75) is 32.1 Å². The average Bonchev–Trinajstić information content (AvgIpc) is 2.76. The van der Waals surface area contributed by atoms with E-state index in [1.807, 2.05) is 7.05 Å². The molecule has 0 atom stereocenters. The number of ether oxygens (including phenoxy) is 1. The molecule has 0 saturated heterocycles. The second kappa shape index (κ2) is 6.86. The van der Waals surface area contributed by atoms with Gasteiger partial charge in [0.05, 0.1) is 5.41 Å². The number of methoxy groups -OCH3 is 1. The van der Waals surface area contributed by atoms with E-state index in [4.69, 9.17) is 4.74 Å². The highest BCUT2D eigenvalue weighted by Gasteiger charge is 2.40. The summed E-state index contributed by atoms with van der Waals surface area (Å²) in [6.07, 6.45) is 5.23. The van der Waals surface area contributed by atoms with Gasteiger partial charge in [-0.15, -0.1) is 0 Å². The first-order chi connectivity index (χ1) is 7.75. The van der Waals surface area contributed by atoms with E-state index in [1.165, 1.54) is 12.8 Å². The fourth-order valence-corrected chi connectivity index (χ4v) is 2.43. The number of carbonyl (C=O) groups is 1. The van der Waals surface area contributed by atoms with Crippen LogP contribution in [0.5, 0.6) is 0 Å². The lowest BCUT2D eigenvalue weighted by atomic mass is 9.82. The molecule has 94 valence electrons. The minimum absolute atomic E-state index is 0.149. The lowest BCUT2D eigenvalue weighted by Gasteiger charge is -2.27. The van der Waals surface area contributed by atoms with Crippen LogP contribution >= 0.6 is 0 Å². The number of rotatable bonds is 7. The monoisotopic (exact) mass is 228 g/mol. The van der Waals surface area contributed by atoms with Crippen molar-refractivity contribution >= 4 is 5.91 Å². The first-order valence-corrected chi connectivity index (χ1v) is 6.17. The third-order valence-electron chi connectivity index (χ3n) is 3.49. The predicted octanol–water partition coefficient (Wildman–Crippen LogP) is 0.919. The van der Waals surface area contributed by atoms with Crippen LogP contribution in [-0.2, 0) is 9.53 Å². The minimum atomic E-state index is -0.149. The lowest BCUT2D eigenvalue weighted by Crippen LogP contribution is -2.42. The van der Waals surface area contributed by atoms with Gasteiger partial charge >= 0.3 is 0 Å². The number of carbonyl (C=O) groups excluding carboxylic acids is 1. The van der Waals surface area contributed by atoms with Gasteiger partial charge in [0.15, 0.2) is 0 Å². The molecule has 0 bridgehead atoms. The maximum atomic E-state index is 12.2. The van der Waals surface area contributed by atoms with Gasteiger partial charge in [0.25, 0.3) is 0 Å². The molecule has 0 aliphatic heterocycles. The number of hydrogen-bond donors (Lipinski definition) is 2. The van der Waals surface area contributed by atoms with E-state index in [0.29, 0.717) is 13.2 Å². The van der Waals surface area contributed by atoms with E-state index in [9.17, 15) is 4.79 Å². The van der Waals surface area contributed by atoms with Gasteiger partial charge in [-0.2, -0.15) is 0 Å². The van der Waals surface area contributed by atoms with Crippen LogP contribution in [0.25, 0.3) is 0 Å². The number of amides is 1. The zero-order valence-corrected chi connectivity index (χ0v) is 10.5. The third kappa shape index (κ3) is 3.46. The molecular weight excluding hydrogens is 204 g/mol. The normalized spacial score (nSPS) is 18.6. The molecule has 0 heterocycles. The summed E-state index contributed by atoms with van der Waals surface area (Å²) in [5, 5.41) is 6.05. The molecule has 1 amide bonds. The fourth-order valence-electron chi connectivity index (χ4n) is 2.43. The number of likely N-dealkylation sites (N-methyl/N-ethyl adjacent to an activating group) is 1. The van der Waals surface area contributed by atoms with Gasteiger partial charge in [-0.1, -0.05) is 12.8 Å². The Hall–Kier alpha value is -0.610. The molecule has 0 radical (unpaired) electrons. The molecule has 4 heteroatoms. The summed E-state index contributed by atoms with van der Waals surface area (Å²) in [4.78, 5) is 12.2. The highest BCUT2D eigenvalue weighted by Crippen LogP contribution is 2.41. The molecule has 1 aliphatic carbocycles. The summed E-state index contributed by atoms with van der Waals surface area (Å²) in [6, 6.07) is 0. The van der Waals surface area contributed by atoms with Gasteiger partial charge in [-0.3, -0.25) is 4.79 Å². The van der Waals surface area contributed by atoms with Crippen LogP contribution in [-0.4, -0.2) is 39.8 Å². The van der Waals surface area contributed by atoms with Crippen molar-refractivity contribution in [1.82, 2.24) is 10.6 Å². The first-order valence-electron chi connectivity index (χ1n) is 6.17. The van der Waals surface area contributed by atoms with E-state index in [0.717, 1.165) is 25.8 Å². The molecule has 1 rings (SSSR count). The lowest BCUT2D eigenvalue weighted by molar-refractivity contribution is -0.131.